The van der Waals surface area contributed by atoms with Crippen LogP contribution in [0.1, 0.15) is 21.5 Å². The van der Waals surface area contributed by atoms with Crippen LogP contribution in [0.4, 0.5) is 4.39 Å². The van der Waals surface area contributed by atoms with E-state index in [1.54, 1.807) is 37.3 Å². The summed E-state index contributed by atoms with van der Waals surface area (Å²) in [4.78, 5) is 12.0. The summed E-state index contributed by atoms with van der Waals surface area (Å²) in [6.45, 7) is 1.56. The Morgan fingerprint density at radius 1 is 1.18 bits per heavy atom. The first-order valence-corrected chi connectivity index (χ1v) is 5.18. The molecule has 0 bridgehead atoms. The fraction of sp³-hybridized carbons (Fsp3) is 0.0714. The Morgan fingerprint density at radius 2 is 1.82 bits per heavy atom. The van der Waals surface area contributed by atoms with Gasteiger partial charge < -0.3 is 5.11 Å². The van der Waals surface area contributed by atoms with Gasteiger partial charge in [-0.05, 0) is 24.6 Å². The molecule has 0 aliphatic rings. The van der Waals surface area contributed by atoms with Gasteiger partial charge in [0, 0.05) is 5.56 Å². The van der Waals surface area contributed by atoms with Gasteiger partial charge in [-0.3, -0.25) is 4.79 Å². The topological polar surface area (TPSA) is 37.3 Å². The van der Waals surface area contributed by atoms with E-state index in [-0.39, 0.29) is 17.1 Å². The lowest BCUT2D eigenvalue weighted by atomic mass is 10.0. The molecule has 0 aliphatic heterocycles. The Bertz CT molecular complexity index is 562. The van der Waals surface area contributed by atoms with Crippen LogP contribution in [0.5, 0.6) is 5.75 Å². The number of benzene rings is 2. The highest BCUT2D eigenvalue weighted by atomic mass is 19.1. The number of rotatable bonds is 2. The van der Waals surface area contributed by atoms with E-state index in [0.29, 0.717) is 11.1 Å². The first kappa shape index (κ1) is 11.3. The molecular weight excluding hydrogens is 219 g/mol. The average Bonchev–Trinajstić information content (AvgIpc) is 2.34. The summed E-state index contributed by atoms with van der Waals surface area (Å²) in [5.41, 5.74) is 0.769. The van der Waals surface area contributed by atoms with Crippen molar-refractivity contribution < 1.29 is 14.3 Å². The third kappa shape index (κ3) is 2.18. The second-order valence-corrected chi connectivity index (χ2v) is 3.81. The molecule has 0 atom stereocenters. The average molecular weight is 230 g/mol. The highest BCUT2D eigenvalue weighted by Crippen LogP contribution is 2.25. The summed E-state index contributed by atoms with van der Waals surface area (Å²) in [5.74, 6) is -1.08. The van der Waals surface area contributed by atoms with Crippen LogP contribution >= 0.6 is 0 Å². The predicted molar refractivity (Wildman–Crippen MR) is 62.7 cm³/mol. The zero-order valence-corrected chi connectivity index (χ0v) is 9.27. The third-order valence-corrected chi connectivity index (χ3v) is 2.55. The predicted octanol–water partition coefficient (Wildman–Crippen LogP) is 3.07. The minimum absolute atomic E-state index is 0.00583. The Labute approximate surface area is 98.3 Å². The van der Waals surface area contributed by atoms with Crippen molar-refractivity contribution in [1.82, 2.24) is 0 Å². The number of phenols is 1. The minimum Gasteiger partial charge on any atom is -0.507 e. The summed E-state index contributed by atoms with van der Waals surface area (Å²) < 4.78 is 13.2. The van der Waals surface area contributed by atoms with E-state index in [2.05, 4.69) is 0 Å². The molecule has 17 heavy (non-hydrogen) atoms. The highest BCUT2D eigenvalue weighted by Gasteiger charge is 2.16. The maximum atomic E-state index is 13.2. The molecule has 0 aliphatic carbocycles. The molecule has 2 nitrogen and oxygen atoms in total. The molecule has 2 rings (SSSR count). The van der Waals surface area contributed by atoms with E-state index in [1.165, 1.54) is 6.07 Å². The number of hydrogen-bond donors (Lipinski definition) is 1. The molecule has 1 N–H and O–H groups in total. The number of carbonyl (C=O) groups is 1. The molecule has 2 aromatic carbocycles. The van der Waals surface area contributed by atoms with E-state index < -0.39 is 5.82 Å². The summed E-state index contributed by atoms with van der Waals surface area (Å²) in [5, 5.41) is 9.77. The maximum Gasteiger partial charge on any atom is 0.196 e. The number of carbonyl (C=O) groups excluding carboxylic acids is 1. The summed E-state index contributed by atoms with van der Waals surface area (Å²) in [7, 11) is 0. The van der Waals surface area contributed by atoms with Gasteiger partial charge in [0.15, 0.2) is 5.78 Å². The molecule has 0 spiro atoms. The number of phenolic OH excluding ortho intramolecular Hbond substituents is 1. The summed E-state index contributed by atoms with van der Waals surface area (Å²) in [6, 6.07) is 10.7. The van der Waals surface area contributed by atoms with E-state index in [0.717, 1.165) is 6.07 Å². The molecule has 0 amide bonds. The van der Waals surface area contributed by atoms with Gasteiger partial charge in [-0.1, -0.05) is 30.3 Å². The van der Waals surface area contributed by atoms with E-state index in [9.17, 15) is 14.3 Å². The van der Waals surface area contributed by atoms with Gasteiger partial charge in [0.05, 0.1) is 5.56 Å². The van der Waals surface area contributed by atoms with Gasteiger partial charge in [0.2, 0.25) is 0 Å². The van der Waals surface area contributed by atoms with Crippen LogP contribution in [0.2, 0.25) is 0 Å². The Balaban J connectivity index is 2.52. The first-order chi connectivity index (χ1) is 8.09. The van der Waals surface area contributed by atoms with Crippen LogP contribution in [0, 0.1) is 12.7 Å². The SMILES string of the molecule is Cc1cc(F)cc(C(=O)c2ccccc2)c1O. The quantitative estimate of drug-likeness (QED) is 0.805. The van der Waals surface area contributed by atoms with Crippen molar-refractivity contribution in [2.75, 3.05) is 0 Å². The fourth-order valence-electron chi connectivity index (χ4n) is 1.65. The van der Waals surface area contributed by atoms with Gasteiger partial charge in [0.1, 0.15) is 11.6 Å². The van der Waals surface area contributed by atoms with Crippen LogP contribution in [0.25, 0.3) is 0 Å². The number of ketones is 1. The molecular formula is C14H11FO2. The van der Waals surface area contributed by atoms with Gasteiger partial charge in [-0.25, -0.2) is 4.39 Å². The van der Waals surface area contributed by atoms with Crippen LogP contribution in [-0.2, 0) is 0 Å². The monoisotopic (exact) mass is 230 g/mol. The van der Waals surface area contributed by atoms with Crippen molar-refractivity contribution in [3.63, 3.8) is 0 Å². The number of aryl methyl sites for hydroxylation is 1. The minimum atomic E-state index is -0.528. The lowest BCUT2D eigenvalue weighted by molar-refractivity contribution is 0.103. The zero-order valence-electron chi connectivity index (χ0n) is 9.27. The molecule has 2 aromatic rings. The third-order valence-electron chi connectivity index (χ3n) is 2.55. The molecule has 0 saturated heterocycles. The van der Waals surface area contributed by atoms with Gasteiger partial charge in [-0.2, -0.15) is 0 Å². The number of aromatic hydroxyl groups is 1. The molecule has 0 saturated carbocycles. The first-order valence-electron chi connectivity index (χ1n) is 5.18. The van der Waals surface area contributed by atoms with Crippen LogP contribution in [0.3, 0.4) is 0 Å². The van der Waals surface area contributed by atoms with Crippen molar-refractivity contribution in [3.05, 3.63) is 65.0 Å². The second-order valence-electron chi connectivity index (χ2n) is 3.81. The van der Waals surface area contributed by atoms with Crippen molar-refractivity contribution >= 4 is 5.78 Å². The Kier molecular flexibility index (Phi) is 2.91. The Hall–Kier alpha value is -2.16. The number of halogens is 1. The normalized spacial score (nSPS) is 10.2. The van der Waals surface area contributed by atoms with Crippen molar-refractivity contribution in [2.24, 2.45) is 0 Å². The van der Waals surface area contributed by atoms with Gasteiger partial charge >= 0.3 is 0 Å². The Morgan fingerprint density at radius 3 is 2.47 bits per heavy atom. The van der Waals surface area contributed by atoms with Gasteiger partial charge in [-0.15, -0.1) is 0 Å². The fourth-order valence-corrected chi connectivity index (χ4v) is 1.65. The standard InChI is InChI=1S/C14H11FO2/c1-9-7-11(15)8-12(13(9)16)14(17)10-5-3-2-4-6-10/h2-8,16H,1H3. The summed E-state index contributed by atoms with van der Waals surface area (Å²) in [6.07, 6.45) is 0. The van der Waals surface area contributed by atoms with Crippen LogP contribution < -0.4 is 0 Å². The van der Waals surface area contributed by atoms with Crippen LogP contribution in [-0.4, -0.2) is 10.9 Å². The smallest absolute Gasteiger partial charge is 0.196 e. The van der Waals surface area contributed by atoms with Crippen molar-refractivity contribution in [2.45, 2.75) is 6.92 Å². The van der Waals surface area contributed by atoms with E-state index in [1.807, 2.05) is 0 Å². The lowest BCUT2D eigenvalue weighted by Crippen LogP contribution is -2.03. The van der Waals surface area contributed by atoms with E-state index >= 15 is 0 Å². The van der Waals surface area contributed by atoms with E-state index in [4.69, 9.17) is 0 Å². The molecule has 86 valence electrons. The second kappa shape index (κ2) is 4.37. The maximum absolute atomic E-state index is 13.2. The highest BCUT2D eigenvalue weighted by molar-refractivity contribution is 6.10. The van der Waals surface area contributed by atoms with Crippen LogP contribution in [0.15, 0.2) is 42.5 Å². The molecule has 0 radical (unpaired) electrons. The van der Waals surface area contributed by atoms with Crippen molar-refractivity contribution in [1.29, 1.82) is 0 Å². The zero-order chi connectivity index (χ0) is 12.4. The summed E-state index contributed by atoms with van der Waals surface area (Å²) >= 11 is 0. The molecule has 3 heteroatoms. The van der Waals surface area contributed by atoms with Gasteiger partial charge in [0.25, 0.3) is 0 Å². The lowest BCUT2D eigenvalue weighted by Gasteiger charge is -2.06. The number of hydrogen-bond acceptors (Lipinski definition) is 2. The molecule has 0 fully saturated rings. The molecule has 0 unspecified atom stereocenters. The largest absolute Gasteiger partial charge is 0.507 e. The van der Waals surface area contributed by atoms with Crippen molar-refractivity contribution in [3.8, 4) is 5.75 Å². The molecule has 0 heterocycles. The molecule has 0 aromatic heterocycles.